The van der Waals surface area contributed by atoms with Gasteiger partial charge in [0.1, 0.15) is 35.1 Å². The van der Waals surface area contributed by atoms with Gasteiger partial charge in [-0.1, -0.05) is 83.2 Å². The van der Waals surface area contributed by atoms with Crippen LogP contribution in [0.5, 0.6) is 17.2 Å². The molecule has 1 spiro atoms. The molecule has 5 aliphatic heterocycles. The number of carbonyl (C=O) groups is 4. The second-order valence-corrected chi connectivity index (χ2v) is 22.2. The van der Waals surface area contributed by atoms with Gasteiger partial charge in [-0.25, -0.2) is 0 Å². The Morgan fingerprint density at radius 1 is 0.933 bits per heavy atom. The Hall–Kier alpha value is -6.14. The van der Waals surface area contributed by atoms with Crippen LogP contribution >= 0.6 is 0 Å². The number of aromatic hydroxyl groups is 2. The Morgan fingerprint density at radius 3 is 2.33 bits per heavy atom. The number of amides is 2. The van der Waals surface area contributed by atoms with Gasteiger partial charge in [-0.3, -0.25) is 29.2 Å². The number of ether oxygens (including phenoxy) is 4. The lowest BCUT2D eigenvalue weighted by atomic mass is 9.81. The van der Waals surface area contributed by atoms with E-state index >= 15 is 0 Å². The molecular formula is C58H75N5O12. The van der Waals surface area contributed by atoms with Gasteiger partial charge in [0.15, 0.2) is 11.4 Å². The highest BCUT2D eigenvalue weighted by atomic mass is 16.7. The molecule has 17 heteroatoms. The van der Waals surface area contributed by atoms with E-state index in [2.05, 4.69) is 41.5 Å². The molecule has 0 aromatic heterocycles. The van der Waals surface area contributed by atoms with Crippen molar-refractivity contribution in [2.75, 3.05) is 32.1 Å². The number of phenolic OH excluding ortho intramolecular Hbond substituents is 2. The lowest BCUT2D eigenvalue weighted by Gasteiger charge is -2.36. The third-order valence-corrected chi connectivity index (χ3v) is 16.0. The van der Waals surface area contributed by atoms with E-state index in [9.17, 15) is 39.6 Å². The first kappa shape index (κ1) is 55.1. The van der Waals surface area contributed by atoms with Crippen molar-refractivity contribution >= 4 is 40.0 Å². The molecule has 3 aromatic rings. The van der Waals surface area contributed by atoms with Crippen LogP contribution in [0, 0.1) is 36.5 Å². The maximum absolute atomic E-state index is 14.9. The largest absolute Gasteiger partial charge is 0.507 e. The fourth-order valence-electron chi connectivity index (χ4n) is 11.5. The van der Waals surface area contributed by atoms with Crippen LogP contribution in [0.4, 0.5) is 5.69 Å². The van der Waals surface area contributed by atoms with Crippen molar-refractivity contribution in [3.63, 3.8) is 0 Å². The van der Waals surface area contributed by atoms with Crippen molar-refractivity contribution in [1.29, 1.82) is 0 Å². The molecule has 0 radical (unpaired) electrons. The summed E-state index contributed by atoms with van der Waals surface area (Å²) in [6, 6.07) is 10.1. The fraction of sp³-hybridized carbons (Fsp3) is 0.552. The van der Waals surface area contributed by atoms with E-state index in [0.29, 0.717) is 37.8 Å². The first-order valence-corrected chi connectivity index (χ1v) is 26.5. The van der Waals surface area contributed by atoms with Crippen molar-refractivity contribution in [3.05, 3.63) is 93.9 Å². The minimum Gasteiger partial charge on any atom is -0.507 e. The molecule has 4 unspecified atom stereocenters. The summed E-state index contributed by atoms with van der Waals surface area (Å²) in [6.45, 7) is 16.3. The van der Waals surface area contributed by atoms with E-state index in [1.165, 1.54) is 31.9 Å². The average molecular weight is 1030 g/mol. The van der Waals surface area contributed by atoms with Gasteiger partial charge in [0.05, 0.1) is 40.9 Å². The molecule has 9 rings (SSSR count). The number of esters is 1. The van der Waals surface area contributed by atoms with Crippen LogP contribution in [-0.2, 0) is 35.0 Å². The molecule has 5 heterocycles. The monoisotopic (exact) mass is 1030 g/mol. The van der Waals surface area contributed by atoms with E-state index < -0.39 is 95.1 Å². The third-order valence-electron chi connectivity index (χ3n) is 16.0. The zero-order valence-electron chi connectivity index (χ0n) is 44.7. The number of benzene rings is 3. The minimum atomic E-state index is -2.01. The predicted octanol–water partition coefficient (Wildman–Crippen LogP) is 6.40. The molecule has 1 aliphatic carbocycles. The Bertz CT molecular complexity index is 2890. The maximum atomic E-state index is 14.9. The van der Waals surface area contributed by atoms with Crippen molar-refractivity contribution in [2.45, 2.75) is 149 Å². The van der Waals surface area contributed by atoms with E-state index in [1.54, 1.807) is 52.8 Å². The van der Waals surface area contributed by atoms with Gasteiger partial charge in [-0.15, -0.1) is 0 Å². The number of ketones is 1. The second-order valence-electron chi connectivity index (χ2n) is 22.2. The number of nitrogens with one attached hydrogen (secondary N) is 2. The highest BCUT2D eigenvalue weighted by molar-refractivity contribution is 6.19. The van der Waals surface area contributed by atoms with Gasteiger partial charge in [-0.05, 0) is 63.0 Å². The quantitative estimate of drug-likeness (QED) is 0.0774. The Morgan fingerprint density at radius 2 is 1.64 bits per heavy atom. The number of piperidine rings is 1. The number of carbonyl (C=O) groups excluding carboxylic acids is 4. The van der Waals surface area contributed by atoms with Crippen LogP contribution < -0.4 is 26.1 Å². The molecule has 1 saturated carbocycles. The third kappa shape index (κ3) is 11.7. The number of fused-ring (bicyclic) bond motifs is 13. The number of rotatable bonds is 9. The number of aliphatic hydroxyl groups excluding tert-OH is 2. The molecular weight excluding hydrogens is 959 g/mol. The number of allylic oxidation sites excluding steroid dienone is 2. The second kappa shape index (κ2) is 22.6. The zero-order valence-corrected chi connectivity index (χ0v) is 44.7. The number of hydrogen-bond donors (Lipinski definition) is 6. The number of methoxy groups -OCH3 is 1. The van der Waals surface area contributed by atoms with Gasteiger partial charge in [0.2, 0.25) is 5.91 Å². The number of anilines is 1. The molecule has 2 amide bonds. The van der Waals surface area contributed by atoms with Crippen LogP contribution in [0.3, 0.4) is 0 Å². The van der Waals surface area contributed by atoms with E-state index in [1.807, 2.05) is 18.2 Å². The molecule has 404 valence electrons. The van der Waals surface area contributed by atoms with Crippen LogP contribution in [0.2, 0.25) is 0 Å². The standard InChI is InChI=1S/C58H75N5O12/c1-31(2)30-63-23-21-58(22-24-63)61-47-44-45-52(68)36(7)54-46(44)55(70)57(8,75-54)73-25-20-40(72-9)28-41(74-43(65)29-42(64)59-39-19-18-38(27-39)26-37-16-11-10-12-17-37)34(5)51(67)35(6)50(66)32(3)14-13-15-33(4)56(71)60-49(53(45)69)48(47)62-58/h10-17,20,25,31-32,34-35,38-41,50-51,66-69H,18-19,21-24,26-30H2,1-9H3,(H,59,64)(H,60,71)/b14-13+,25-20+,33-15-/t32?,34-,35+,38+,39?,40-,41+,50-,51?,57?/m0/s1. The number of aliphatic hydroxyl groups is 2. The molecule has 5 bridgehead atoms. The number of likely N-dealkylation sites (tertiary alicyclic amines) is 1. The summed E-state index contributed by atoms with van der Waals surface area (Å²) in [6.07, 6.45) is 7.31. The summed E-state index contributed by atoms with van der Waals surface area (Å²) in [5.74, 6) is -6.65. The summed E-state index contributed by atoms with van der Waals surface area (Å²) in [5.41, 5.74) is 0.555. The van der Waals surface area contributed by atoms with Crippen molar-refractivity contribution in [3.8, 4) is 17.2 Å². The molecule has 6 aliphatic rings. The number of hydrogen-bond acceptors (Lipinski definition) is 15. The molecule has 1 saturated heterocycles. The van der Waals surface area contributed by atoms with Crippen LogP contribution in [0.1, 0.15) is 115 Å². The normalized spacial score (nSPS) is 30.7. The lowest BCUT2D eigenvalue weighted by Crippen LogP contribution is -2.44. The van der Waals surface area contributed by atoms with Gasteiger partial charge in [0.25, 0.3) is 11.7 Å². The van der Waals surface area contributed by atoms with Crippen LogP contribution in [0.25, 0.3) is 10.8 Å². The molecule has 2 fully saturated rings. The molecule has 6 N–H and O–H groups in total. The van der Waals surface area contributed by atoms with Crippen molar-refractivity contribution < 1.29 is 58.6 Å². The van der Waals surface area contributed by atoms with Gasteiger partial charge >= 0.3 is 11.8 Å². The Kier molecular flexibility index (Phi) is 16.6. The maximum Gasteiger partial charge on any atom is 0.315 e. The first-order chi connectivity index (χ1) is 35.6. The van der Waals surface area contributed by atoms with Gasteiger partial charge < -0.3 is 54.9 Å². The first-order valence-electron chi connectivity index (χ1n) is 26.5. The number of phenols is 2. The Labute approximate surface area is 438 Å². The van der Waals surface area contributed by atoms with E-state index in [0.717, 1.165) is 32.2 Å². The van der Waals surface area contributed by atoms with E-state index in [4.69, 9.17) is 28.9 Å². The number of Topliss-reactive ketones (excluding diaryl/α,β-unsaturated/α-hetero) is 1. The summed E-state index contributed by atoms with van der Waals surface area (Å²) >= 11 is 0. The Balaban J connectivity index is 1.11. The van der Waals surface area contributed by atoms with Crippen LogP contribution in [0.15, 0.2) is 76.5 Å². The fourth-order valence-corrected chi connectivity index (χ4v) is 11.5. The summed E-state index contributed by atoms with van der Waals surface area (Å²) in [5, 5.41) is 53.9. The summed E-state index contributed by atoms with van der Waals surface area (Å²) < 4.78 is 24.4. The summed E-state index contributed by atoms with van der Waals surface area (Å²) in [7, 11) is 1.44. The zero-order chi connectivity index (χ0) is 54.1. The smallest absolute Gasteiger partial charge is 0.315 e. The SMILES string of the molecule is CO[C@H]1/C=C/OC2(C)Oc3c(C)c(O)c4c(O)c(c5c(c4c3C2=O)=NC2(CCN(CC(C)C)CC2)N=5)NC(=O)/C(C)=C\C=C\C(C)[C@H](O)[C@@H](C)C(O)[C@@H](C)[C@H](OC(=O)CC(=O)NC2CC[C@H](Cc3ccccc3)C2)C1. The van der Waals surface area contributed by atoms with Gasteiger partial charge in [-0.2, -0.15) is 0 Å². The highest BCUT2D eigenvalue weighted by Crippen LogP contribution is 2.50. The molecule has 10 atom stereocenters. The number of nitrogens with zero attached hydrogens (tertiary/aromatic N) is 3. The van der Waals surface area contributed by atoms with Crippen molar-refractivity contribution in [1.82, 2.24) is 10.2 Å². The van der Waals surface area contributed by atoms with Crippen LogP contribution in [-0.4, -0.2) is 118 Å². The highest BCUT2D eigenvalue weighted by Gasteiger charge is 2.50. The molecule has 17 nitrogen and oxygen atoms in total. The lowest BCUT2D eigenvalue weighted by molar-refractivity contribution is -0.159. The van der Waals surface area contributed by atoms with Crippen molar-refractivity contribution in [2.24, 2.45) is 39.6 Å². The average Bonchev–Trinajstić information content (AvgIpc) is 4.12. The topological polar surface area (TPSA) is 238 Å². The molecule has 3 aromatic carbocycles. The minimum absolute atomic E-state index is 0.0111. The molecule has 75 heavy (non-hydrogen) atoms. The summed E-state index contributed by atoms with van der Waals surface area (Å²) in [4.78, 5) is 68.7. The van der Waals surface area contributed by atoms with Gasteiger partial charge in [0, 0.05) is 93.2 Å². The van der Waals surface area contributed by atoms with E-state index in [-0.39, 0.29) is 62.1 Å². The predicted molar refractivity (Wildman–Crippen MR) is 282 cm³/mol.